The first-order valence-corrected chi connectivity index (χ1v) is 10.9. The second-order valence-corrected chi connectivity index (χ2v) is 8.08. The van der Waals surface area contributed by atoms with Gasteiger partial charge in [-0.25, -0.2) is 0 Å². The van der Waals surface area contributed by atoms with E-state index in [-0.39, 0.29) is 24.3 Å². The number of anilines is 2. The number of methoxy groups -OCH3 is 2. The van der Waals surface area contributed by atoms with Crippen molar-refractivity contribution >= 4 is 40.5 Å². The van der Waals surface area contributed by atoms with Gasteiger partial charge in [-0.2, -0.15) is 0 Å². The van der Waals surface area contributed by atoms with Crippen molar-refractivity contribution in [2.45, 2.75) is 26.2 Å². The zero-order valence-electron chi connectivity index (χ0n) is 20.3. The van der Waals surface area contributed by atoms with Gasteiger partial charge < -0.3 is 24.6 Å². The molecule has 0 aliphatic carbocycles. The highest BCUT2D eigenvalue weighted by Gasteiger charge is 2.35. The van der Waals surface area contributed by atoms with Crippen LogP contribution in [0.2, 0.25) is 0 Å². The summed E-state index contributed by atoms with van der Waals surface area (Å²) >= 11 is 0. The summed E-state index contributed by atoms with van der Waals surface area (Å²) in [6.45, 7) is 3.32. The summed E-state index contributed by atoms with van der Waals surface area (Å²) in [5.41, 5.74) is 3.39. The first-order valence-electron chi connectivity index (χ1n) is 10.9. The fraction of sp³-hybridized carbons (Fsp3) is 0.360. The Morgan fingerprint density at radius 3 is 2.21 bits per heavy atom. The van der Waals surface area contributed by atoms with Crippen LogP contribution in [0.4, 0.5) is 17.1 Å². The maximum atomic E-state index is 12.8. The highest BCUT2D eigenvalue weighted by Crippen LogP contribution is 2.42. The summed E-state index contributed by atoms with van der Waals surface area (Å²) in [6, 6.07) is 10.6. The number of carbonyl (C=O) groups is 3. The summed E-state index contributed by atoms with van der Waals surface area (Å²) in [7, 11) is 6.39. The molecule has 2 aromatic carbocycles. The molecular weight excluding hydrogens is 436 g/mol. The van der Waals surface area contributed by atoms with Crippen molar-refractivity contribution in [2.24, 2.45) is 4.99 Å². The maximum absolute atomic E-state index is 12.8. The number of nitrogens with zero attached hydrogens (tertiary/aromatic N) is 3. The van der Waals surface area contributed by atoms with Gasteiger partial charge in [-0.3, -0.25) is 19.4 Å². The summed E-state index contributed by atoms with van der Waals surface area (Å²) in [5.74, 6) is -0.0408. The van der Waals surface area contributed by atoms with Crippen molar-refractivity contribution < 1.29 is 23.9 Å². The fourth-order valence-corrected chi connectivity index (χ4v) is 3.80. The average molecular weight is 467 g/mol. The molecule has 9 nitrogen and oxygen atoms in total. The molecule has 9 heteroatoms. The van der Waals surface area contributed by atoms with Gasteiger partial charge in [0, 0.05) is 44.2 Å². The van der Waals surface area contributed by atoms with Crippen molar-refractivity contribution in [1.29, 1.82) is 0 Å². The molecule has 3 rings (SSSR count). The van der Waals surface area contributed by atoms with E-state index < -0.39 is 5.92 Å². The van der Waals surface area contributed by atoms with E-state index in [2.05, 4.69) is 5.32 Å². The Kier molecular flexibility index (Phi) is 7.55. The Morgan fingerprint density at radius 1 is 1.06 bits per heavy atom. The average Bonchev–Trinajstić information content (AvgIpc) is 3.14. The van der Waals surface area contributed by atoms with Crippen molar-refractivity contribution in [1.82, 2.24) is 4.90 Å². The highest BCUT2D eigenvalue weighted by atomic mass is 16.5. The zero-order chi connectivity index (χ0) is 25.0. The van der Waals surface area contributed by atoms with E-state index in [0.717, 1.165) is 5.56 Å². The molecular formula is C25H30N4O5. The van der Waals surface area contributed by atoms with Crippen LogP contribution in [-0.4, -0.2) is 63.2 Å². The molecule has 1 heterocycles. The van der Waals surface area contributed by atoms with Crippen LogP contribution < -0.4 is 19.7 Å². The van der Waals surface area contributed by atoms with Gasteiger partial charge in [0.25, 0.3) is 0 Å². The lowest BCUT2D eigenvalue weighted by Crippen LogP contribution is -2.39. The number of fused-ring (bicyclic) bond motifs is 1. The minimum absolute atomic E-state index is 0.0461. The molecule has 0 spiro atoms. The van der Waals surface area contributed by atoms with E-state index in [0.29, 0.717) is 40.7 Å². The quantitative estimate of drug-likeness (QED) is 0.602. The first kappa shape index (κ1) is 24.8. The minimum atomic E-state index is -0.550. The molecule has 1 atom stereocenters. The van der Waals surface area contributed by atoms with Gasteiger partial charge >= 0.3 is 0 Å². The number of carbonyl (C=O) groups excluding carboxylic acids is 3. The van der Waals surface area contributed by atoms with Crippen LogP contribution in [0.25, 0.3) is 0 Å². The molecule has 34 heavy (non-hydrogen) atoms. The molecule has 0 saturated heterocycles. The van der Waals surface area contributed by atoms with E-state index in [1.54, 1.807) is 64.7 Å². The van der Waals surface area contributed by atoms with Gasteiger partial charge in [-0.1, -0.05) is 6.92 Å². The van der Waals surface area contributed by atoms with Crippen molar-refractivity contribution in [3.8, 4) is 11.5 Å². The van der Waals surface area contributed by atoms with Gasteiger partial charge in [0.1, 0.15) is 12.5 Å². The predicted octanol–water partition coefficient (Wildman–Crippen LogP) is 3.36. The normalized spacial score (nSPS) is 14.8. The number of benzene rings is 2. The molecule has 0 fully saturated rings. The largest absolute Gasteiger partial charge is 0.493 e. The Morgan fingerprint density at radius 2 is 1.68 bits per heavy atom. The molecule has 0 radical (unpaired) electrons. The topological polar surface area (TPSA) is 101 Å². The molecule has 1 aliphatic rings. The third-order valence-corrected chi connectivity index (χ3v) is 5.69. The monoisotopic (exact) mass is 466 g/mol. The van der Waals surface area contributed by atoms with Gasteiger partial charge in [0.05, 0.1) is 19.9 Å². The molecule has 0 saturated carbocycles. The summed E-state index contributed by atoms with van der Waals surface area (Å²) < 4.78 is 10.8. The number of ether oxygens (including phenoxy) is 2. The SMILES string of the molecule is CCC(=Nc1ccc(N(CC(=O)N(C)C)C(C)=O)cc1)C1C(=O)Nc2cc(OC)c(OC)cc21. The van der Waals surface area contributed by atoms with Crippen LogP contribution in [0.1, 0.15) is 31.7 Å². The Labute approximate surface area is 199 Å². The number of amides is 3. The number of rotatable bonds is 8. The van der Waals surface area contributed by atoms with Crippen LogP contribution in [0.15, 0.2) is 41.4 Å². The van der Waals surface area contributed by atoms with Crippen molar-refractivity contribution in [3.63, 3.8) is 0 Å². The van der Waals surface area contributed by atoms with Crippen molar-refractivity contribution in [2.75, 3.05) is 45.1 Å². The van der Waals surface area contributed by atoms with Gasteiger partial charge in [0.15, 0.2) is 11.5 Å². The van der Waals surface area contributed by atoms with E-state index in [1.165, 1.54) is 16.7 Å². The van der Waals surface area contributed by atoms with Crippen LogP contribution >= 0.6 is 0 Å². The highest BCUT2D eigenvalue weighted by molar-refractivity contribution is 6.19. The standard InChI is InChI=1S/C25H30N4O5/c1-7-19(24-18-12-21(33-5)22(34-6)13-20(18)27-25(24)32)26-16-8-10-17(11-9-16)29(15(2)30)14-23(31)28(3)4/h8-13,24H,7,14H2,1-6H3,(H,27,32). The van der Waals surface area contributed by atoms with E-state index in [9.17, 15) is 14.4 Å². The van der Waals surface area contributed by atoms with E-state index in [4.69, 9.17) is 14.5 Å². The summed E-state index contributed by atoms with van der Waals surface area (Å²) in [4.78, 5) is 44.6. The second kappa shape index (κ2) is 10.4. The lowest BCUT2D eigenvalue weighted by molar-refractivity contribution is -0.129. The number of hydrogen-bond donors (Lipinski definition) is 1. The second-order valence-electron chi connectivity index (χ2n) is 8.08. The summed E-state index contributed by atoms with van der Waals surface area (Å²) in [5, 5.41) is 2.90. The Balaban J connectivity index is 1.91. The fourth-order valence-electron chi connectivity index (χ4n) is 3.80. The molecule has 1 N–H and O–H groups in total. The van der Waals surface area contributed by atoms with Crippen LogP contribution in [0, 0.1) is 0 Å². The predicted molar refractivity (Wildman–Crippen MR) is 131 cm³/mol. The number of hydrogen-bond acceptors (Lipinski definition) is 6. The molecule has 1 unspecified atom stereocenters. The molecule has 2 aromatic rings. The lowest BCUT2D eigenvalue weighted by atomic mass is 9.93. The van der Waals surface area contributed by atoms with Crippen LogP contribution in [0.3, 0.4) is 0 Å². The number of likely N-dealkylation sites (N-methyl/N-ethyl adjacent to an activating group) is 1. The molecule has 180 valence electrons. The van der Waals surface area contributed by atoms with Gasteiger partial charge in [-0.05, 0) is 42.3 Å². The smallest absolute Gasteiger partial charge is 0.242 e. The molecule has 0 aromatic heterocycles. The van der Waals surface area contributed by atoms with Crippen LogP contribution in [0.5, 0.6) is 11.5 Å². The minimum Gasteiger partial charge on any atom is -0.493 e. The zero-order valence-corrected chi connectivity index (χ0v) is 20.3. The third kappa shape index (κ3) is 5.03. The van der Waals surface area contributed by atoms with E-state index >= 15 is 0 Å². The Bertz CT molecular complexity index is 1120. The maximum Gasteiger partial charge on any atom is 0.242 e. The van der Waals surface area contributed by atoms with Crippen molar-refractivity contribution in [3.05, 3.63) is 42.0 Å². The van der Waals surface area contributed by atoms with E-state index in [1.807, 2.05) is 6.92 Å². The van der Waals surface area contributed by atoms with Gasteiger partial charge in [0.2, 0.25) is 17.7 Å². The summed E-state index contributed by atoms with van der Waals surface area (Å²) in [6.07, 6.45) is 0.560. The first-order chi connectivity index (χ1) is 16.2. The van der Waals surface area contributed by atoms with Crippen LogP contribution in [-0.2, 0) is 14.4 Å². The third-order valence-electron chi connectivity index (χ3n) is 5.69. The lowest BCUT2D eigenvalue weighted by Gasteiger charge is -2.22. The number of nitrogens with one attached hydrogen (secondary N) is 1. The van der Waals surface area contributed by atoms with Gasteiger partial charge in [-0.15, -0.1) is 0 Å². The Hall–Kier alpha value is -3.88. The molecule has 3 amide bonds. The number of aliphatic imine (C=N–C) groups is 1. The molecule has 1 aliphatic heterocycles. The molecule has 0 bridgehead atoms.